The lowest BCUT2D eigenvalue weighted by Crippen LogP contribution is -2.15. The zero-order valence-electron chi connectivity index (χ0n) is 7.89. The van der Waals surface area contributed by atoms with Gasteiger partial charge in [0.1, 0.15) is 0 Å². The van der Waals surface area contributed by atoms with Gasteiger partial charge in [0.05, 0.1) is 10.5 Å². The number of aryl methyl sites for hydroxylation is 1. The van der Waals surface area contributed by atoms with E-state index in [1.54, 1.807) is 0 Å². The number of anilines is 1. The SMILES string of the molecule is Cc1cc(N)c(C(=O)O)cc1S(N)(=O)=O. The fourth-order valence-corrected chi connectivity index (χ4v) is 1.99. The van der Waals surface area contributed by atoms with Gasteiger partial charge in [-0.15, -0.1) is 0 Å². The highest BCUT2D eigenvalue weighted by atomic mass is 32.2. The van der Waals surface area contributed by atoms with Crippen LogP contribution in [0.2, 0.25) is 0 Å². The van der Waals surface area contributed by atoms with Gasteiger partial charge in [0, 0.05) is 5.69 Å². The Bertz CT molecular complexity index is 522. The minimum atomic E-state index is -3.93. The molecular formula is C8H10N2O4S. The van der Waals surface area contributed by atoms with Crippen molar-refractivity contribution in [3.05, 3.63) is 23.3 Å². The first-order valence-corrected chi connectivity index (χ1v) is 5.44. The zero-order valence-corrected chi connectivity index (χ0v) is 8.71. The van der Waals surface area contributed by atoms with E-state index in [1.165, 1.54) is 13.0 Å². The quantitative estimate of drug-likeness (QED) is 0.613. The van der Waals surface area contributed by atoms with Crippen molar-refractivity contribution in [2.24, 2.45) is 5.14 Å². The first-order valence-electron chi connectivity index (χ1n) is 3.89. The summed E-state index contributed by atoms with van der Waals surface area (Å²) >= 11 is 0. The third-order valence-electron chi connectivity index (χ3n) is 1.88. The molecule has 7 heteroatoms. The molecule has 1 aromatic carbocycles. The molecule has 0 saturated heterocycles. The summed E-state index contributed by atoms with van der Waals surface area (Å²) in [5, 5.41) is 13.6. The van der Waals surface area contributed by atoms with Crippen molar-refractivity contribution < 1.29 is 18.3 Å². The van der Waals surface area contributed by atoms with E-state index in [-0.39, 0.29) is 16.1 Å². The first kappa shape index (κ1) is 11.5. The summed E-state index contributed by atoms with van der Waals surface area (Å²) in [7, 11) is -3.93. The Labute approximate surface area is 86.6 Å². The number of aromatic carboxylic acids is 1. The Morgan fingerprint density at radius 2 is 1.93 bits per heavy atom. The number of carbonyl (C=O) groups is 1. The second-order valence-corrected chi connectivity index (χ2v) is 4.58. The standard InChI is InChI=1S/C8H10N2O4S/c1-4-2-6(9)5(8(11)12)3-7(4)15(10,13)14/h2-3H,9H2,1H3,(H,11,12)(H2,10,13,14). The van der Waals surface area contributed by atoms with Crippen LogP contribution >= 0.6 is 0 Å². The molecule has 0 aliphatic heterocycles. The molecular weight excluding hydrogens is 220 g/mol. The third kappa shape index (κ3) is 2.25. The predicted octanol–water partition coefficient (Wildman–Crippen LogP) is -0.0772. The highest BCUT2D eigenvalue weighted by molar-refractivity contribution is 7.89. The Morgan fingerprint density at radius 1 is 1.40 bits per heavy atom. The number of nitrogen functional groups attached to an aromatic ring is 1. The molecule has 0 fully saturated rings. The Morgan fingerprint density at radius 3 is 2.33 bits per heavy atom. The fourth-order valence-electron chi connectivity index (χ4n) is 1.20. The minimum absolute atomic E-state index is 0.00685. The molecule has 0 amide bonds. The van der Waals surface area contributed by atoms with Crippen LogP contribution in [-0.2, 0) is 10.0 Å². The Balaban J connectivity index is 3.58. The summed E-state index contributed by atoms with van der Waals surface area (Å²) < 4.78 is 22.2. The normalized spacial score (nSPS) is 11.3. The van der Waals surface area contributed by atoms with E-state index < -0.39 is 16.0 Å². The monoisotopic (exact) mass is 230 g/mol. The van der Waals surface area contributed by atoms with Crippen LogP contribution in [0.5, 0.6) is 0 Å². The van der Waals surface area contributed by atoms with E-state index >= 15 is 0 Å². The maximum absolute atomic E-state index is 11.1. The van der Waals surface area contributed by atoms with Crippen LogP contribution in [0, 0.1) is 6.92 Å². The number of sulfonamides is 1. The van der Waals surface area contributed by atoms with Crippen molar-refractivity contribution in [1.29, 1.82) is 0 Å². The topological polar surface area (TPSA) is 123 Å². The fraction of sp³-hybridized carbons (Fsp3) is 0.125. The van der Waals surface area contributed by atoms with Crippen molar-refractivity contribution >= 4 is 21.7 Å². The van der Waals surface area contributed by atoms with E-state index in [4.69, 9.17) is 16.0 Å². The highest BCUT2D eigenvalue weighted by Gasteiger charge is 2.17. The molecule has 82 valence electrons. The third-order valence-corrected chi connectivity index (χ3v) is 2.94. The largest absolute Gasteiger partial charge is 0.478 e. The second-order valence-electron chi connectivity index (χ2n) is 3.06. The lowest BCUT2D eigenvalue weighted by Gasteiger charge is -2.07. The highest BCUT2D eigenvalue weighted by Crippen LogP contribution is 2.21. The molecule has 0 aromatic heterocycles. The van der Waals surface area contributed by atoms with Gasteiger partial charge in [-0.05, 0) is 24.6 Å². The number of benzene rings is 1. The van der Waals surface area contributed by atoms with Crippen LogP contribution in [0.4, 0.5) is 5.69 Å². The van der Waals surface area contributed by atoms with Crippen LogP contribution in [-0.4, -0.2) is 19.5 Å². The van der Waals surface area contributed by atoms with Gasteiger partial charge < -0.3 is 10.8 Å². The molecule has 6 nitrogen and oxygen atoms in total. The zero-order chi connectivity index (χ0) is 11.8. The summed E-state index contributed by atoms with van der Waals surface area (Å²) in [5.74, 6) is -1.29. The molecule has 15 heavy (non-hydrogen) atoms. The van der Waals surface area contributed by atoms with Crippen molar-refractivity contribution in [2.45, 2.75) is 11.8 Å². The van der Waals surface area contributed by atoms with Crippen LogP contribution in [0.3, 0.4) is 0 Å². The molecule has 0 aliphatic rings. The number of carboxylic acid groups (broad SMARTS) is 1. The number of hydrogen-bond acceptors (Lipinski definition) is 4. The Kier molecular flexibility index (Phi) is 2.69. The maximum atomic E-state index is 11.1. The molecule has 1 aromatic rings. The number of nitrogens with two attached hydrogens (primary N) is 2. The summed E-state index contributed by atoms with van der Waals surface area (Å²) in [4.78, 5) is 10.5. The van der Waals surface area contributed by atoms with Crippen LogP contribution in [0.25, 0.3) is 0 Å². The van der Waals surface area contributed by atoms with Gasteiger partial charge in [0.2, 0.25) is 10.0 Å². The summed E-state index contributed by atoms with van der Waals surface area (Å²) in [6.45, 7) is 1.49. The number of rotatable bonds is 2. The van der Waals surface area contributed by atoms with Crippen molar-refractivity contribution in [2.75, 3.05) is 5.73 Å². The van der Waals surface area contributed by atoms with Gasteiger partial charge in [-0.3, -0.25) is 0 Å². The minimum Gasteiger partial charge on any atom is -0.478 e. The van der Waals surface area contributed by atoms with E-state index in [9.17, 15) is 13.2 Å². The average molecular weight is 230 g/mol. The van der Waals surface area contributed by atoms with Crippen molar-refractivity contribution in [3.63, 3.8) is 0 Å². The van der Waals surface area contributed by atoms with Gasteiger partial charge in [-0.25, -0.2) is 18.4 Å². The number of hydrogen-bond donors (Lipinski definition) is 3. The van der Waals surface area contributed by atoms with Gasteiger partial charge in [-0.1, -0.05) is 0 Å². The van der Waals surface area contributed by atoms with E-state index in [0.29, 0.717) is 5.56 Å². The second kappa shape index (κ2) is 3.52. The summed E-state index contributed by atoms with van der Waals surface area (Å²) in [5.41, 5.74) is 5.47. The molecule has 0 saturated carbocycles. The van der Waals surface area contributed by atoms with Crippen LogP contribution in [0.15, 0.2) is 17.0 Å². The van der Waals surface area contributed by atoms with Crippen LogP contribution < -0.4 is 10.9 Å². The molecule has 5 N–H and O–H groups in total. The van der Waals surface area contributed by atoms with Gasteiger partial charge in [0.25, 0.3) is 0 Å². The van der Waals surface area contributed by atoms with Crippen molar-refractivity contribution in [1.82, 2.24) is 0 Å². The summed E-state index contributed by atoms with van der Waals surface area (Å²) in [6.07, 6.45) is 0. The first-order chi connectivity index (χ1) is 6.73. The lowest BCUT2D eigenvalue weighted by molar-refractivity contribution is 0.0698. The van der Waals surface area contributed by atoms with Gasteiger partial charge in [-0.2, -0.15) is 0 Å². The molecule has 0 bridgehead atoms. The average Bonchev–Trinajstić information content (AvgIpc) is 2.00. The molecule has 1 rings (SSSR count). The van der Waals surface area contributed by atoms with Crippen molar-refractivity contribution in [3.8, 4) is 0 Å². The van der Waals surface area contributed by atoms with Crippen LogP contribution in [0.1, 0.15) is 15.9 Å². The smallest absolute Gasteiger partial charge is 0.337 e. The van der Waals surface area contributed by atoms with E-state index in [0.717, 1.165) is 6.07 Å². The molecule has 0 aliphatic carbocycles. The molecule has 0 unspecified atom stereocenters. The molecule has 0 radical (unpaired) electrons. The number of carboxylic acids is 1. The summed E-state index contributed by atoms with van der Waals surface area (Å²) in [6, 6.07) is 2.23. The predicted molar refractivity (Wildman–Crippen MR) is 53.9 cm³/mol. The molecule has 0 atom stereocenters. The van der Waals surface area contributed by atoms with E-state index in [2.05, 4.69) is 0 Å². The van der Waals surface area contributed by atoms with Gasteiger partial charge in [0.15, 0.2) is 0 Å². The maximum Gasteiger partial charge on any atom is 0.337 e. The van der Waals surface area contributed by atoms with E-state index in [1.807, 2.05) is 0 Å². The molecule has 0 heterocycles. The number of primary sulfonamides is 1. The van der Waals surface area contributed by atoms with Gasteiger partial charge >= 0.3 is 5.97 Å². The Hall–Kier alpha value is -1.60. The molecule has 0 spiro atoms. The lowest BCUT2D eigenvalue weighted by atomic mass is 10.1.